The normalized spacial score (nSPS) is 13.9. The van der Waals surface area contributed by atoms with Crippen LogP contribution in [0.25, 0.3) is 0 Å². The second-order valence-corrected chi connectivity index (χ2v) is 2.15. The van der Waals surface area contributed by atoms with Crippen LogP contribution in [-0.4, -0.2) is 24.3 Å². The number of ketones is 1. The van der Waals surface area contributed by atoms with Crippen LogP contribution < -0.4 is 0 Å². The van der Waals surface area contributed by atoms with Gasteiger partial charge in [-0.25, -0.2) is 0 Å². The monoisotopic (exact) mass is 132 g/mol. The number of hydrogen-bond acceptors (Lipinski definition) is 3. The van der Waals surface area contributed by atoms with Crippen molar-refractivity contribution < 1.29 is 14.6 Å². The molecular weight excluding hydrogens is 120 g/mol. The van der Waals surface area contributed by atoms with Crippen LogP contribution in [0.2, 0.25) is 0 Å². The Bertz CT molecular complexity index is 98.5. The zero-order valence-electron chi connectivity index (χ0n) is 5.92. The first-order chi connectivity index (χ1) is 4.09. The molecule has 0 aliphatic heterocycles. The predicted octanol–water partition coefficient (Wildman–Crippen LogP) is 0.176. The number of aliphatic hydroxyl groups is 1. The van der Waals surface area contributed by atoms with Gasteiger partial charge in [-0.3, -0.25) is 4.79 Å². The molecule has 0 radical (unpaired) electrons. The Morgan fingerprint density at radius 3 is 2.11 bits per heavy atom. The van der Waals surface area contributed by atoms with Gasteiger partial charge in [0.15, 0.2) is 5.78 Å². The fraction of sp³-hybridized carbons (Fsp3) is 0.833. The Hall–Kier alpha value is -0.410. The van der Waals surface area contributed by atoms with Gasteiger partial charge in [-0.1, -0.05) is 13.8 Å². The molecule has 9 heavy (non-hydrogen) atoms. The van der Waals surface area contributed by atoms with E-state index in [1.165, 1.54) is 7.11 Å². The standard InChI is InChI=1S/C6H12O3/c1-4(2)5(7)6(8)9-3/h4,6,8H,1-3H3. The van der Waals surface area contributed by atoms with Gasteiger partial charge in [-0.05, 0) is 0 Å². The molecule has 1 N–H and O–H groups in total. The van der Waals surface area contributed by atoms with Crippen molar-refractivity contribution in [1.82, 2.24) is 0 Å². The maximum Gasteiger partial charge on any atom is 0.215 e. The Balaban J connectivity index is 3.73. The van der Waals surface area contributed by atoms with Crippen molar-refractivity contribution in [2.45, 2.75) is 20.1 Å². The molecule has 1 atom stereocenters. The molecule has 0 rings (SSSR count). The van der Waals surface area contributed by atoms with E-state index in [1.54, 1.807) is 13.8 Å². The molecule has 0 bridgehead atoms. The number of ether oxygens (including phenoxy) is 1. The van der Waals surface area contributed by atoms with Crippen LogP contribution in [0.15, 0.2) is 0 Å². The zero-order chi connectivity index (χ0) is 7.44. The molecule has 0 saturated carbocycles. The van der Waals surface area contributed by atoms with Gasteiger partial charge in [0, 0.05) is 13.0 Å². The van der Waals surface area contributed by atoms with E-state index >= 15 is 0 Å². The molecule has 0 saturated heterocycles. The van der Waals surface area contributed by atoms with Crippen molar-refractivity contribution in [2.75, 3.05) is 7.11 Å². The average Bonchev–Trinajstić information content (AvgIpc) is 1.84. The summed E-state index contributed by atoms with van der Waals surface area (Å²) in [5.41, 5.74) is 0. The maximum atomic E-state index is 10.7. The van der Waals surface area contributed by atoms with E-state index < -0.39 is 6.29 Å². The summed E-state index contributed by atoms with van der Waals surface area (Å²) in [6, 6.07) is 0. The van der Waals surface area contributed by atoms with Crippen LogP contribution in [0, 0.1) is 5.92 Å². The number of Topliss-reactive ketones (excluding diaryl/α,β-unsaturated/α-hetero) is 1. The third kappa shape index (κ3) is 2.58. The second-order valence-electron chi connectivity index (χ2n) is 2.15. The molecule has 1 unspecified atom stereocenters. The highest BCUT2D eigenvalue weighted by Gasteiger charge is 2.16. The van der Waals surface area contributed by atoms with E-state index in [-0.39, 0.29) is 11.7 Å². The number of methoxy groups -OCH3 is 1. The van der Waals surface area contributed by atoms with Gasteiger partial charge in [0.1, 0.15) is 0 Å². The first-order valence-corrected chi connectivity index (χ1v) is 2.84. The molecule has 0 heterocycles. The Morgan fingerprint density at radius 2 is 2.00 bits per heavy atom. The van der Waals surface area contributed by atoms with Crippen LogP contribution in [0.1, 0.15) is 13.8 Å². The summed E-state index contributed by atoms with van der Waals surface area (Å²) in [5, 5.41) is 8.73. The van der Waals surface area contributed by atoms with Gasteiger partial charge >= 0.3 is 0 Å². The number of aliphatic hydroxyl groups excluding tert-OH is 1. The van der Waals surface area contributed by atoms with E-state index in [9.17, 15) is 4.79 Å². The Labute approximate surface area is 54.6 Å². The van der Waals surface area contributed by atoms with E-state index in [2.05, 4.69) is 4.74 Å². The Kier molecular flexibility index (Phi) is 3.42. The van der Waals surface area contributed by atoms with Crippen molar-refractivity contribution in [3.05, 3.63) is 0 Å². The van der Waals surface area contributed by atoms with Crippen molar-refractivity contribution in [2.24, 2.45) is 5.92 Å². The number of carbonyl (C=O) groups excluding carboxylic acids is 1. The summed E-state index contributed by atoms with van der Waals surface area (Å²) in [4.78, 5) is 10.7. The van der Waals surface area contributed by atoms with Crippen LogP contribution in [0.3, 0.4) is 0 Å². The van der Waals surface area contributed by atoms with Crippen LogP contribution in [0.5, 0.6) is 0 Å². The largest absolute Gasteiger partial charge is 0.362 e. The second kappa shape index (κ2) is 3.58. The minimum atomic E-state index is -1.25. The molecule has 0 amide bonds. The van der Waals surface area contributed by atoms with E-state index in [4.69, 9.17) is 5.11 Å². The first kappa shape index (κ1) is 8.59. The topological polar surface area (TPSA) is 46.5 Å². The summed E-state index contributed by atoms with van der Waals surface area (Å²) in [6.45, 7) is 3.43. The predicted molar refractivity (Wildman–Crippen MR) is 32.9 cm³/mol. The number of hydrogen-bond donors (Lipinski definition) is 1. The van der Waals surface area contributed by atoms with Gasteiger partial charge < -0.3 is 9.84 Å². The third-order valence-electron chi connectivity index (χ3n) is 1.04. The van der Waals surface area contributed by atoms with Gasteiger partial charge in [-0.2, -0.15) is 0 Å². The lowest BCUT2D eigenvalue weighted by Crippen LogP contribution is -2.26. The van der Waals surface area contributed by atoms with Gasteiger partial charge in [0.05, 0.1) is 0 Å². The average molecular weight is 132 g/mol. The fourth-order valence-corrected chi connectivity index (χ4v) is 0.401. The minimum Gasteiger partial charge on any atom is -0.362 e. The molecule has 3 heteroatoms. The highest BCUT2D eigenvalue weighted by molar-refractivity contribution is 5.83. The molecule has 0 aromatic carbocycles. The molecule has 3 nitrogen and oxygen atoms in total. The minimum absolute atomic E-state index is 0.167. The van der Waals surface area contributed by atoms with Crippen molar-refractivity contribution in [3.63, 3.8) is 0 Å². The van der Waals surface area contributed by atoms with Crippen LogP contribution in [0.4, 0.5) is 0 Å². The molecule has 0 aliphatic carbocycles. The summed E-state index contributed by atoms with van der Waals surface area (Å²) in [7, 11) is 1.30. The quantitative estimate of drug-likeness (QED) is 0.557. The van der Waals surface area contributed by atoms with E-state index in [0.29, 0.717) is 0 Å². The van der Waals surface area contributed by atoms with E-state index in [0.717, 1.165) is 0 Å². The third-order valence-corrected chi connectivity index (χ3v) is 1.04. The lowest BCUT2D eigenvalue weighted by atomic mass is 10.1. The summed E-state index contributed by atoms with van der Waals surface area (Å²) in [6.07, 6.45) is -1.25. The molecule has 0 fully saturated rings. The smallest absolute Gasteiger partial charge is 0.215 e. The fourth-order valence-electron chi connectivity index (χ4n) is 0.401. The molecule has 0 aromatic heterocycles. The van der Waals surface area contributed by atoms with Gasteiger partial charge in [0.2, 0.25) is 6.29 Å². The first-order valence-electron chi connectivity index (χ1n) is 2.84. The molecule has 0 spiro atoms. The van der Waals surface area contributed by atoms with Crippen molar-refractivity contribution >= 4 is 5.78 Å². The van der Waals surface area contributed by atoms with Gasteiger partial charge in [0.25, 0.3) is 0 Å². The Morgan fingerprint density at radius 1 is 1.56 bits per heavy atom. The molecule has 0 aromatic rings. The summed E-state index contributed by atoms with van der Waals surface area (Å²) in [5.74, 6) is -0.447. The number of carbonyl (C=O) groups is 1. The highest BCUT2D eigenvalue weighted by Crippen LogP contribution is 1.98. The SMILES string of the molecule is COC(O)C(=O)C(C)C. The summed E-state index contributed by atoms with van der Waals surface area (Å²) < 4.78 is 4.38. The number of rotatable bonds is 3. The van der Waals surface area contributed by atoms with Gasteiger partial charge in [-0.15, -0.1) is 0 Å². The molecular formula is C6H12O3. The molecule has 54 valence electrons. The van der Waals surface area contributed by atoms with Crippen molar-refractivity contribution in [1.29, 1.82) is 0 Å². The van der Waals surface area contributed by atoms with E-state index in [1.807, 2.05) is 0 Å². The maximum absolute atomic E-state index is 10.7. The highest BCUT2D eigenvalue weighted by atomic mass is 16.6. The lowest BCUT2D eigenvalue weighted by molar-refractivity contribution is -0.153. The lowest BCUT2D eigenvalue weighted by Gasteiger charge is -2.08. The van der Waals surface area contributed by atoms with Crippen molar-refractivity contribution in [3.8, 4) is 0 Å². The zero-order valence-corrected chi connectivity index (χ0v) is 5.92. The van der Waals surface area contributed by atoms with Crippen LogP contribution >= 0.6 is 0 Å². The van der Waals surface area contributed by atoms with Crippen LogP contribution in [-0.2, 0) is 9.53 Å². The summed E-state index contributed by atoms with van der Waals surface area (Å²) >= 11 is 0. The molecule has 0 aliphatic rings.